The predicted molar refractivity (Wildman–Crippen MR) is 132 cm³/mol. The van der Waals surface area contributed by atoms with E-state index in [1.807, 2.05) is 30.3 Å². The van der Waals surface area contributed by atoms with E-state index >= 15 is 0 Å². The molecule has 0 atom stereocenters. The van der Waals surface area contributed by atoms with Crippen molar-refractivity contribution in [1.29, 1.82) is 0 Å². The maximum atomic E-state index is 13.4. The highest BCUT2D eigenvalue weighted by Crippen LogP contribution is 2.41. The molecule has 1 heterocycles. The molecule has 0 bridgehead atoms. The second-order valence-corrected chi connectivity index (χ2v) is 8.89. The number of carbonyl (C=O) groups excluding carboxylic acids is 1. The number of ketones is 1. The first-order chi connectivity index (χ1) is 15.6. The molecular formula is C26H24ClNO3S. The van der Waals surface area contributed by atoms with Gasteiger partial charge >= 0.3 is 0 Å². The second-order valence-electron chi connectivity index (χ2n) is 7.40. The molecule has 32 heavy (non-hydrogen) atoms. The van der Waals surface area contributed by atoms with E-state index < -0.39 is 0 Å². The third-order valence-corrected chi connectivity index (χ3v) is 6.55. The minimum atomic E-state index is -0.0684. The lowest BCUT2D eigenvalue weighted by molar-refractivity contribution is 0.104. The van der Waals surface area contributed by atoms with Crippen molar-refractivity contribution in [2.75, 3.05) is 19.7 Å². The summed E-state index contributed by atoms with van der Waals surface area (Å²) in [6, 6.07) is 19.9. The lowest BCUT2D eigenvalue weighted by atomic mass is 9.98. The van der Waals surface area contributed by atoms with Crippen LogP contribution in [0.3, 0.4) is 0 Å². The van der Waals surface area contributed by atoms with Crippen LogP contribution in [0.15, 0.2) is 66.7 Å². The van der Waals surface area contributed by atoms with Crippen LogP contribution in [-0.2, 0) is 0 Å². The van der Waals surface area contributed by atoms with Crippen molar-refractivity contribution in [2.45, 2.75) is 13.3 Å². The quantitative estimate of drug-likeness (QED) is 0.218. The lowest BCUT2D eigenvalue weighted by Gasteiger charge is -2.09. The summed E-state index contributed by atoms with van der Waals surface area (Å²) in [5.41, 5.74) is 2.37. The largest absolute Gasteiger partial charge is 0.508 e. The number of nitrogens with one attached hydrogen (secondary N) is 1. The topological polar surface area (TPSA) is 58.6 Å². The van der Waals surface area contributed by atoms with E-state index in [1.54, 1.807) is 36.4 Å². The fourth-order valence-corrected chi connectivity index (χ4v) is 4.89. The van der Waals surface area contributed by atoms with Crippen LogP contribution in [0.4, 0.5) is 0 Å². The Bertz CT molecular complexity index is 1220. The van der Waals surface area contributed by atoms with Crippen molar-refractivity contribution >= 4 is 38.8 Å². The first kappa shape index (κ1) is 22.3. The van der Waals surface area contributed by atoms with Crippen LogP contribution in [0.25, 0.3) is 21.2 Å². The molecule has 0 saturated heterocycles. The minimum absolute atomic E-state index is 0.0684. The molecule has 2 N–H and O–H groups in total. The standard InChI is InChI=1S/C26H24ClNO3S/c1-2-28-14-3-15-31-21-11-6-17(7-12-21)24-22-13-10-20(29)16-23(22)32-26(24)25(30)18-4-8-19(27)9-5-18/h4-13,16,28-29H,2-3,14-15H2,1H3. The summed E-state index contributed by atoms with van der Waals surface area (Å²) in [7, 11) is 0. The third-order valence-electron chi connectivity index (χ3n) is 5.15. The molecule has 0 unspecified atom stereocenters. The number of phenols is 1. The van der Waals surface area contributed by atoms with Crippen molar-refractivity contribution in [1.82, 2.24) is 5.32 Å². The summed E-state index contributed by atoms with van der Waals surface area (Å²) < 4.78 is 6.70. The van der Waals surface area contributed by atoms with Gasteiger partial charge in [0.1, 0.15) is 11.5 Å². The number of halogens is 1. The van der Waals surface area contributed by atoms with E-state index in [-0.39, 0.29) is 11.5 Å². The molecule has 6 heteroatoms. The van der Waals surface area contributed by atoms with Gasteiger partial charge in [-0.25, -0.2) is 0 Å². The van der Waals surface area contributed by atoms with Crippen LogP contribution < -0.4 is 10.1 Å². The van der Waals surface area contributed by atoms with E-state index in [0.717, 1.165) is 46.5 Å². The molecule has 0 aliphatic heterocycles. The molecule has 4 aromatic rings. The van der Waals surface area contributed by atoms with Crippen molar-refractivity contribution in [3.8, 4) is 22.6 Å². The summed E-state index contributed by atoms with van der Waals surface area (Å²) in [6.45, 7) is 4.62. The molecular weight excluding hydrogens is 442 g/mol. The molecule has 0 aliphatic rings. The molecule has 0 spiro atoms. The Hall–Kier alpha value is -2.86. The maximum absolute atomic E-state index is 13.4. The summed E-state index contributed by atoms with van der Waals surface area (Å²) in [4.78, 5) is 14.0. The van der Waals surface area contributed by atoms with Crippen LogP contribution in [-0.4, -0.2) is 30.6 Å². The van der Waals surface area contributed by atoms with Gasteiger partial charge in [-0.15, -0.1) is 11.3 Å². The van der Waals surface area contributed by atoms with Crippen LogP contribution in [0.1, 0.15) is 28.6 Å². The minimum Gasteiger partial charge on any atom is -0.508 e. The Morgan fingerprint density at radius 2 is 1.81 bits per heavy atom. The van der Waals surface area contributed by atoms with Gasteiger partial charge in [-0.3, -0.25) is 4.79 Å². The van der Waals surface area contributed by atoms with E-state index in [1.165, 1.54) is 11.3 Å². The Morgan fingerprint density at radius 3 is 2.53 bits per heavy atom. The van der Waals surface area contributed by atoms with Crippen LogP contribution >= 0.6 is 22.9 Å². The smallest absolute Gasteiger partial charge is 0.203 e. The molecule has 4 rings (SSSR count). The molecule has 164 valence electrons. The molecule has 0 saturated carbocycles. The number of ether oxygens (including phenoxy) is 1. The number of benzene rings is 3. The Labute approximate surface area is 196 Å². The van der Waals surface area contributed by atoms with Gasteiger partial charge in [-0.2, -0.15) is 0 Å². The molecule has 0 radical (unpaired) electrons. The SMILES string of the molecule is CCNCCCOc1ccc(-c2c(C(=O)c3ccc(Cl)cc3)sc3cc(O)ccc23)cc1. The van der Waals surface area contributed by atoms with Crippen molar-refractivity contribution in [3.63, 3.8) is 0 Å². The number of phenolic OH excluding ortho intramolecular Hbond substituents is 1. The van der Waals surface area contributed by atoms with Gasteiger partial charge in [-0.1, -0.05) is 30.7 Å². The van der Waals surface area contributed by atoms with Gasteiger partial charge in [0.05, 0.1) is 11.5 Å². The number of carbonyl (C=O) groups is 1. The molecule has 3 aromatic carbocycles. The highest BCUT2D eigenvalue weighted by atomic mass is 35.5. The average molecular weight is 466 g/mol. The Kier molecular flexibility index (Phi) is 7.10. The summed E-state index contributed by atoms with van der Waals surface area (Å²) >= 11 is 7.38. The third kappa shape index (κ3) is 4.96. The van der Waals surface area contributed by atoms with Gasteiger partial charge < -0.3 is 15.2 Å². The van der Waals surface area contributed by atoms with Gasteiger partial charge in [-0.05, 0) is 79.7 Å². The van der Waals surface area contributed by atoms with Crippen LogP contribution in [0, 0.1) is 0 Å². The summed E-state index contributed by atoms with van der Waals surface area (Å²) in [5.74, 6) is 0.909. The van der Waals surface area contributed by atoms with Crippen LogP contribution in [0.5, 0.6) is 11.5 Å². The average Bonchev–Trinajstić information content (AvgIpc) is 3.18. The van der Waals surface area contributed by atoms with E-state index in [2.05, 4.69) is 12.2 Å². The number of hydrogen-bond donors (Lipinski definition) is 2. The van der Waals surface area contributed by atoms with Crippen molar-refractivity contribution in [3.05, 3.63) is 82.2 Å². The predicted octanol–water partition coefficient (Wildman–Crippen LogP) is 6.54. The fraction of sp³-hybridized carbons (Fsp3) is 0.192. The number of rotatable bonds is 9. The highest BCUT2D eigenvalue weighted by Gasteiger charge is 2.21. The maximum Gasteiger partial charge on any atom is 0.203 e. The summed E-state index contributed by atoms with van der Waals surface area (Å²) in [6.07, 6.45) is 0.938. The van der Waals surface area contributed by atoms with E-state index in [0.29, 0.717) is 22.1 Å². The number of thiophene rings is 1. The van der Waals surface area contributed by atoms with E-state index in [4.69, 9.17) is 16.3 Å². The first-order valence-corrected chi connectivity index (χ1v) is 11.8. The molecule has 0 fully saturated rings. The molecule has 1 aromatic heterocycles. The first-order valence-electron chi connectivity index (χ1n) is 10.6. The number of aromatic hydroxyl groups is 1. The van der Waals surface area contributed by atoms with Gasteiger partial charge in [0.2, 0.25) is 5.78 Å². The zero-order chi connectivity index (χ0) is 22.5. The zero-order valence-electron chi connectivity index (χ0n) is 17.7. The molecule has 4 nitrogen and oxygen atoms in total. The fourth-order valence-electron chi connectivity index (χ4n) is 3.55. The van der Waals surface area contributed by atoms with Gasteiger partial charge in [0.25, 0.3) is 0 Å². The van der Waals surface area contributed by atoms with E-state index in [9.17, 15) is 9.90 Å². The monoisotopic (exact) mass is 465 g/mol. The lowest BCUT2D eigenvalue weighted by Crippen LogP contribution is -2.16. The second kappa shape index (κ2) is 10.2. The highest BCUT2D eigenvalue weighted by molar-refractivity contribution is 7.21. The molecule has 0 amide bonds. The zero-order valence-corrected chi connectivity index (χ0v) is 19.3. The number of fused-ring (bicyclic) bond motifs is 1. The molecule has 0 aliphatic carbocycles. The van der Waals surface area contributed by atoms with Crippen LogP contribution in [0.2, 0.25) is 5.02 Å². The van der Waals surface area contributed by atoms with Gasteiger partial charge in [0, 0.05) is 26.2 Å². The van der Waals surface area contributed by atoms with Crippen molar-refractivity contribution in [2.24, 2.45) is 0 Å². The normalized spacial score (nSPS) is 11.1. The van der Waals surface area contributed by atoms with Crippen molar-refractivity contribution < 1.29 is 14.6 Å². The Morgan fingerprint density at radius 1 is 1.06 bits per heavy atom. The summed E-state index contributed by atoms with van der Waals surface area (Å²) in [5, 5.41) is 14.7. The van der Waals surface area contributed by atoms with Gasteiger partial charge in [0.15, 0.2) is 0 Å². The number of hydrogen-bond acceptors (Lipinski definition) is 5. The Balaban J connectivity index is 1.67.